The van der Waals surface area contributed by atoms with Gasteiger partial charge in [-0.3, -0.25) is 19.3 Å². The molecule has 0 saturated carbocycles. The monoisotopic (exact) mass is 388 g/mol. The molecular weight excluding hydrogens is 372 g/mol. The molecule has 2 aromatic carbocycles. The Morgan fingerprint density at radius 2 is 1.97 bits per heavy atom. The van der Waals surface area contributed by atoms with E-state index in [-0.39, 0.29) is 23.9 Å². The Balaban J connectivity index is 1.57. The lowest BCUT2D eigenvalue weighted by Crippen LogP contribution is -2.29. The summed E-state index contributed by atoms with van der Waals surface area (Å²) in [5.74, 6) is -1.04. The molecule has 0 atom stereocenters. The third-order valence-corrected chi connectivity index (χ3v) is 4.35. The number of Topliss-reactive ketones (excluding diaryl/α,β-unsaturated/α-hetero) is 1. The van der Waals surface area contributed by atoms with Crippen LogP contribution in [0.5, 0.6) is 0 Å². The van der Waals surface area contributed by atoms with Gasteiger partial charge in [-0.1, -0.05) is 41.6 Å². The largest absolute Gasteiger partial charge is 0.337 e. The van der Waals surface area contributed by atoms with Crippen molar-refractivity contribution in [3.8, 4) is 11.4 Å². The third-order valence-electron chi connectivity index (χ3n) is 4.35. The van der Waals surface area contributed by atoms with Gasteiger partial charge in [0.1, 0.15) is 6.54 Å². The first-order valence-corrected chi connectivity index (χ1v) is 8.88. The first-order valence-electron chi connectivity index (χ1n) is 8.88. The van der Waals surface area contributed by atoms with Crippen LogP contribution < -0.4 is 10.2 Å². The first-order chi connectivity index (χ1) is 14.1. The highest BCUT2D eigenvalue weighted by molar-refractivity contribution is 6.52. The van der Waals surface area contributed by atoms with Crippen LogP contribution in [-0.2, 0) is 16.1 Å². The van der Waals surface area contributed by atoms with Crippen molar-refractivity contribution in [1.29, 1.82) is 0 Å². The average Bonchev–Trinajstić information content (AvgIpc) is 3.28. The molecule has 1 N–H and O–H groups in total. The molecule has 0 saturated heterocycles. The molecule has 4 rings (SSSR count). The van der Waals surface area contributed by atoms with Crippen LogP contribution in [0.1, 0.15) is 23.2 Å². The van der Waals surface area contributed by atoms with Crippen LogP contribution in [-0.4, -0.2) is 27.7 Å². The van der Waals surface area contributed by atoms with E-state index in [2.05, 4.69) is 15.5 Å². The fraction of sp³-hybridized carbons (Fsp3) is 0.0952. The maximum Gasteiger partial charge on any atom is 0.299 e. The van der Waals surface area contributed by atoms with E-state index in [0.717, 1.165) is 5.56 Å². The molecule has 1 aromatic heterocycles. The molecule has 2 amide bonds. The highest BCUT2D eigenvalue weighted by Gasteiger charge is 2.37. The van der Waals surface area contributed by atoms with Gasteiger partial charge in [0, 0.05) is 11.3 Å². The molecule has 2 heterocycles. The molecule has 29 heavy (non-hydrogen) atoms. The fourth-order valence-electron chi connectivity index (χ4n) is 3.03. The molecule has 8 heteroatoms. The zero-order valence-electron chi connectivity index (χ0n) is 15.5. The van der Waals surface area contributed by atoms with Gasteiger partial charge in [0.15, 0.2) is 0 Å². The van der Waals surface area contributed by atoms with Crippen LogP contribution in [0.25, 0.3) is 11.4 Å². The van der Waals surface area contributed by atoms with Crippen molar-refractivity contribution in [2.75, 3.05) is 10.2 Å². The Bertz CT molecular complexity index is 1130. The lowest BCUT2D eigenvalue weighted by atomic mass is 10.1. The number of nitrogens with zero attached hydrogens (tertiary/aromatic N) is 3. The second-order valence-electron chi connectivity index (χ2n) is 6.32. The van der Waals surface area contributed by atoms with Crippen LogP contribution in [0.15, 0.2) is 65.2 Å². The standard InChI is InChI=1S/C21H16N4O4/c1-2-6-17(26)22-14-9-10-16-15(11-14)19(27)21(28)25(16)12-18-23-20(24-29-18)13-7-4-3-5-8-13/h2-11H,12H2,1H3,(H,22,26)/b6-2+. The number of fused-ring (bicyclic) bond motifs is 1. The van der Waals surface area contributed by atoms with E-state index in [1.165, 1.54) is 17.0 Å². The van der Waals surface area contributed by atoms with Crippen LogP contribution in [0.2, 0.25) is 0 Å². The maximum atomic E-state index is 12.5. The van der Waals surface area contributed by atoms with Gasteiger partial charge in [0.25, 0.3) is 11.7 Å². The number of carbonyl (C=O) groups excluding carboxylic acids is 3. The lowest BCUT2D eigenvalue weighted by Gasteiger charge is -2.14. The van der Waals surface area contributed by atoms with Crippen molar-refractivity contribution >= 4 is 29.0 Å². The smallest absolute Gasteiger partial charge is 0.299 e. The van der Waals surface area contributed by atoms with Crippen molar-refractivity contribution in [3.63, 3.8) is 0 Å². The zero-order valence-corrected chi connectivity index (χ0v) is 15.5. The van der Waals surface area contributed by atoms with E-state index in [1.807, 2.05) is 30.3 Å². The van der Waals surface area contributed by atoms with E-state index < -0.39 is 11.7 Å². The van der Waals surface area contributed by atoms with E-state index in [0.29, 0.717) is 17.2 Å². The Hall–Kier alpha value is -4.07. The maximum absolute atomic E-state index is 12.5. The molecule has 144 valence electrons. The molecule has 1 aliphatic heterocycles. The minimum Gasteiger partial charge on any atom is -0.337 e. The number of anilines is 2. The summed E-state index contributed by atoms with van der Waals surface area (Å²) in [6.45, 7) is 1.70. The predicted molar refractivity (Wildman–Crippen MR) is 105 cm³/mol. The number of aromatic nitrogens is 2. The van der Waals surface area contributed by atoms with E-state index in [9.17, 15) is 14.4 Å². The van der Waals surface area contributed by atoms with Crippen molar-refractivity contribution < 1.29 is 18.9 Å². The highest BCUT2D eigenvalue weighted by atomic mass is 16.5. The Kier molecular flexibility index (Phi) is 4.74. The molecule has 0 unspecified atom stereocenters. The van der Waals surface area contributed by atoms with Gasteiger partial charge in [-0.15, -0.1) is 0 Å². The number of hydrogen-bond acceptors (Lipinski definition) is 6. The van der Waals surface area contributed by atoms with Crippen LogP contribution in [0.3, 0.4) is 0 Å². The summed E-state index contributed by atoms with van der Waals surface area (Å²) in [5, 5.41) is 6.58. The van der Waals surface area contributed by atoms with E-state index >= 15 is 0 Å². The van der Waals surface area contributed by atoms with Crippen molar-refractivity contribution in [1.82, 2.24) is 10.1 Å². The summed E-state index contributed by atoms with van der Waals surface area (Å²) in [7, 11) is 0. The predicted octanol–water partition coefficient (Wildman–Crippen LogP) is 2.98. The summed E-state index contributed by atoms with van der Waals surface area (Å²) >= 11 is 0. The van der Waals surface area contributed by atoms with Crippen LogP contribution in [0.4, 0.5) is 11.4 Å². The molecule has 0 fully saturated rings. The first kappa shape index (κ1) is 18.3. The summed E-state index contributed by atoms with van der Waals surface area (Å²) in [4.78, 5) is 42.2. The number of nitrogens with one attached hydrogen (secondary N) is 1. The fourth-order valence-corrected chi connectivity index (χ4v) is 3.03. The minimum absolute atomic E-state index is 0.0261. The molecular formula is C21H16N4O4. The molecule has 0 radical (unpaired) electrons. The molecule has 0 spiro atoms. The van der Waals surface area contributed by atoms with Gasteiger partial charge in [-0.25, -0.2) is 0 Å². The van der Waals surface area contributed by atoms with Crippen LogP contribution >= 0.6 is 0 Å². The Labute approximate surface area is 165 Å². The number of hydrogen-bond donors (Lipinski definition) is 1. The van der Waals surface area contributed by atoms with Crippen molar-refractivity contribution in [2.45, 2.75) is 13.5 Å². The van der Waals surface area contributed by atoms with Gasteiger partial charge in [-0.2, -0.15) is 4.98 Å². The lowest BCUT2D eigenvalue weighted by molar-refractivity contribution is -0.114. The molecule has 1 aliphatic rings. The molecule has 8 nitrogen and oxygen atoms in total. The summed E-state index contributed by atoms with van der Waals surface area (Å²) in [6, 6.07) is 14.0. The number of carbonyl (C=O) groups is 3. The number of allylic oxidation sites excluding steroid dienone is 1. The Morgan fingerprint density at radius 1 is 1.17 bits per heavy atom. The van der Waals surface area contributed by atoms with Gasteiger partial charge >= 0.3 is 0 Å². The number of amides is 2. The topological polar surface area (TPSA) is 105 Å². The molecule has 3 aromatic rings. The SMILES string of the molecule is C/C=C/C(=O)Nc1ccc2c(c1)C(=O)C(=O)N2Cc1nc(-c2ccccc2)no1. The van der Waals surface area contributed by atoms with E-state index in [1.54, 1.807) is 25.1 Å². The number of rotatable bonds is 5. The molecule has 0 bridgehead atoms. The summed E-state index contributed by atoms with van der Waals surface area (Å²) in [6.07, 6.45) is 2.97. The number of benzene rings is 2. The normalized spacial score (nSPS) is 13.2. The summed E-state index contributed by atoms with van der Waals surface area (Å²) in [5.41, 5.74) is 1.87. The van der Waals surface area contributed by atoms with Crippen LogP contribution in [0, 0.1) is 0 Å². The third kappa shape index (κ3) is 3.55. The van der Waals surface area contributed by atoms with Crippen molar-refractivity contribution in [2.24, 2.45) is 0 Å². The van der Waals surface area contributed by atoms with Gasteiger partial charge in [0.2, 0.25) is 17.6 Å². The second kappa shape index (κ2) is 7.51. The van der Waals surface area contributed by atoms with E-state index in [4.69, 9.17) is 4.52 Å². The zero-order chi connectivity index (χ0) is 20.4. The van der Waals surface area contributed by atoms with Gasteiger partial charge < -0.3 is 9.84 Å². The quantitative estimate of drug-likeness (QED) is 0.532. The minimum atomic E-state index is -0.684. The molecule has 0 aliphatic carbocycles. The van der Waals surface area contributed by atoms with Gasteiger partial charge in [0.05, 0.1) is 11.3 Å². The summed E-state index contributed by atoms with van der Waals surface area (Å²) < 4.78 is 5.25. The second-order valence-corrected chi connectivity index (χ2v) is 6.32. The van der Waals surface area contributed by atoms with Gasteiger partial charge in [-0.05, 0) is 31.2 Å². The number of ketones is 1. The average molecular weight is 388 g/mol. The van der Waals surface area contributed by atoms with Crippen molar-refractivity contribution in [3.05, 3.63) is 72.1 Å². The Morgan fingerprint density at radius 3 is 2.72 bits per heavy atom. The highest BCUT2D eigenvalue weighted by Crippen LogP contribution is 2.32.